The normalized spacial score (nSPS) is 14.1. The molecule has 2 aromatic carbocycles. The molecular formula is C25H30N6O2. The van der Waals surface area contributed by atoms with E-state index < -0.39 is 0 Å². The van der Waals surface area contributed by atoms with Gasteiger partial charge < -0.3 is 20.1 Å². The number of aromatic nitrogens is 2. The number of carbonyl (C=O) groups excluding carboxylic acids is 1. The van der Waals surface area contributed by atoms with E-state index in [0.29, 0.717) is 31.4 Å². The minimum Gasteiger partial charge on any atom is -0.352 e. The van der Waals surface area contributed by atoms with Gasteiger partial charge in [0.05, 0.1) is 0 Å². The molecule has 8 heteroatoms. The summed E-state index contributed by atoms with van der Waals surface area (Å²) in [5.41, 5.74) is 4.08. The van der Waals surface area contributed by atoms with E-state index in [1.54, 1.807) is 7.05 Å². The van der Waals surface area contributed by atoms with Crippen LogP contribution in [0.2, 0.25) is 0 Å². The predicted molar refractivity (Wildman–Crippen MR) is 129 cm³/mol. The number of nitrogens with one attached hydrogen (secondary N) is 2. The van der Waals surface area contributed by atoms with Crippen molar-refractivity contribution in [2.24, 2.45) is 4.99 Å². The summed E-state index contributed by atoms with van der Waals surface area (Å²) in [5.74, 6) is 2.19. The van der Waals surface area contributed by atoms with Gasteiger partial charge in [0.1, 0.15) is 0 Å². The average molecular weight is 447 g/mol. The molecule has 4 rings (SSSR count). The molecule has 1 saturated heterocycles. The van der Waals surface area contributed by atoms with E-state index in [-0.39, 0.29) is 5.91 Å². The van der Waals surface area contributed by atoms with Crippen LogP contribution in [-0.4, -0.2) is 35.6 Å². The van der Waals surface area contributed by atoms with Gasteiger partial charge in [0.25, 0.3) is 5.89 Å². The Labute approximate surface area is 194 Å². The molecule has 1 fully saturated rings. The van der Waals surface area contributed by atoms with Crippen molar-refractivity contribution >= 4 is 17.6 Å². The van der Waals surface area contributed by atoms with Crippen LogP contribution in [0, 0.1) is 0 Å². The molecule has 33 heavy (non-hydrogen) atoms. The van der Waals surface area contributed by atoms with E-state index >= 15 is 0 Å². The zero-order valence-corrected chi connectivity index (χ0v) is 19.2. The Balaban J connectivity index is 1.30. The third-order valence-corrected chi connectivity index (χ3v) is 5.58. The molecule has 2 N–H and O–H groups in total. The Morgan fingerprint density at radius 3 is 2.61 bits per heavy atom. The maximum atomic E-state index is 11.9. The largest absolute Gasteiger partial charge is 0.352 e. The fourth-order valence-corrected chi connectivity index (χ4v) is 3.82. The highest BCUT2D eigenvalue weighted by atomic mass is 16.5. The number of anilines is 1. The highest BCUT2D eigenvalue weighted by Gasteiger charge is 2.21. The van der Waals surface area contributed by atoms with Crippen LogP contribution in [-0.2, 0) is 24.3 Å². The number of hydrogen-bond acceptors (Lipinski definition) is 5. The van der Waals surface area contributed by atoms with Crippen LogP contribution in [0.25, 0.3) is 11.5 Å². The van der Waals surface area contributed by atoms with Gasteiger partial charge in [0.2, 0.25) is 5.91 Å². The fraction of sp³-hybridized carbons (Fsp3) is 0.360. The lowest BCUT2D eigenvalue weighted by Gasteiger charge is -2.16. The minimum absolute atomic E-state index is 0.204. The van der Waals surface area contributed by atoms with Gasteiger partial charge in [-0.2, -0.15) is 4.98 Å². The van der Waals surface area contributed by atoms with Crippen LogP contribution >= 0.6 is 0 Å². The van der Waals surface area contributed by atoms with Crippen molar-refractivity contribution in [2.75, 3.05) is 18.5 Å². The molecule has 0 aliphatic carbocycles. The predicted octanol–water partition coefficient (Wildman–Crippen LogP) is 3.68. The Hall–Kier alpha value is -3.68. The molecule has 1 aromatic heterocycles. The summed E-state index contributed by atoms with van der Waals surface area (Å²) in [7, 11) is 1.75. The van der Waals surface area contributed by atoms with Crippen molar-refractivity contribution < 1.29 is 9.32 Å². The standard InChI is InChI=1S/C25H30N6O2/c1-3-6-22-29-24(33-30-22)20-8-4-7-19(15-20)17-28-25(26-2)27-16-18-10-12-21(13-11-18)31-14-5-9-23(31)32/h4,7-8,10-13,15H,3,5-6,9,14,16-17H2,1-2H3,(H2,26,27,28). The SMILES string of the molecule is CCCc1noc(-c2cccc(CNC(=NC)NCc3ccc(N4CCCC4=O)cc3)c2)n1. The average Bonchev–Trinajstić information content (AvgIpc) is 3.49. The van der Waals surface area contributed by atoms with Gasteiger partial charge in [-0.05, 0) is 48.2 Å². The van der Waals surface area contributed by atoms with Crippen LogP contribution in [0.4, 0.5) is 5.69 Å². The van der Waals surface area contributed by atoms with Crippen molar-refractivity contribution in [2.45, 2.75) is 45.7 Å². The first kappa shape index (κ1) is 22.5. The molecule has 0 bridgehead atoms. The van der Waals surface area contributed by atoms with Crippen LogP contribution < -0.4 is 15.5 Å². The van der Waals surface area contributed by atoms with Crippen LogP contribution in [0.3, 0.4) is 0 Å². The molecule has 8 nitrogen and oxygen atoms in total. The van der Waals surface area contributed by atoms with Crippen molar-refractivity contribution in [1.29, 1.82) is 0 Å². The van der Waals surface area contributed by atoms with Gasteiger partial charge in [-0.25, -0.2) is 0 Å². The zero-order chi connectivity index (χ0) is 23.0. The van der Waals surface area contributed by atoms with E-state index in [1.165, 1.54) is 0 Å². The summed E-state index contributed by atoms with van der Waals surface area (Å²) < 4.78 is 5.40. The molecule has 0 unspecified atom stereocenters. The summed E-state index contributed by atoms with van der Waals surface area (Å²) >= 11 is 0. The van der Waals surface area contributed by atoms with Gasteiger partial charge in [0.15, 0.2) is 11.8 Å². The number of aryl methyl sites for hydroxylation is 1. The van der Waals surface area contributed by atoms with E-state index in [9.17, 15) is 4.79 Å². The molecule has 0 atom stereocenters. The summed E-state index contributed by atoms with van der Waals surface area (Å²) in [4.78, 5) is 22.5. The topological polar surface area (TPSA) is 95.6 Å². The quantitative estimate of drug-likeness (QED) is 0.405. The molecular weight excluding hydrogens is 416 g/mol. The number of carbonyl (C=O) groups is 1. The van der Waals surface area contributed by atoms with Crippen molar-refractivity contribution in [3.8, 4) is 11.5 Å². The number of benzene rings is 2. The van der Waals surface area contributed by atoms with E-state index in [2.05, 4.69) is 32.7 Å². The monoisotopic (exact) mass is 446 g/mol. The first-order valence-corrected chi connectivity index (χ1v) is 11.4. The molecule has 0 radical (unpaired) electrons. The molecule has 1 amide bonds. The highest BCUT2D eigenvalue weighted by molar-refractivity contribution is 5.95. The Bertz CT molecular complexity index is 1110. The second-order valence-corrected chi connectivity index (χ2v) is 8.06. The molecule has 172 valence electrons. The first-order chi connectivity index (χ1) is 16.2. The van der Waals surface area contributed by atoms with E-state index in [4.69, 9.17) is 4.52 Å². The second-order valence-electron chi connectivity index (χ2n) is 8.06. The molecule has 1 aliphatic rings. The lowest BCUT2D eigenvalue weighted by Crippen LogP contribution is -2.36. The Kier molecular flexibility index (Phi) is 7.34. The fourth-order valence-electron chi connectivity index (χ4n) is 3.82. The summed E-state index contributed by atoms with van der Waals surface area (Å²) in [6.45, 7) is 4.14. The van der Waals surface area contributed by atoms with Crippen molar-refractivity contribution in [1.82, 2.24) is 20.8 Å². The first-order valence-electron chi connectivity index (χ1n) is 11.4. The number of guanidine groups is 1. The van der Waals surface area contributed by atoms with Gasteiger partial charge in [0, 0.05) is 50.8 Å². The van der Waals surface area contributed by atoms with Gasteiger partial charge >= 0.3 is 0 Å². The number of amides is 1. The third kappa shape index (κ3) is 5.77. The number of nitrogens with zero attached hydrogens (tertiary/aromatic N) is 4. The molecule has 1 aliphatic heterocycles. The highest BCUT2D eigenvalue weighted by Crippen LogP contribution is 2.22. The van der Waals surface area contributed by atoms with Gasteiger partial charge in [-0.15, -0.1) is 0 Å². The van der Waals surface area contributed by atoms with Gasteiger partial charge in [-0.3, -0.25) is 9.79 Å². The van der Waals surface area contributed by atoms with E-state index in [0.717, 1.165) is 54.0 Å². The van der Waals surface area contributed by atoms with Crippen LogP contribution in [0.1, 0.15) is 43.1 Å². The molecule has 0 spiro atoms. The zero-order valence-electron chi connectivity index (χ0n) is 19.2. The number of aliphatic imine (C=N–C) groups is 1. The van der Waals surface area contributed by atoms with Crippen molar-refractivity contribution in [3.05, 3.63) is 65.5 Å². The number of rotatable bonds is 8. The summed E-state index contributed by atoms with van der Waals surface area (Å²) in [6, 6.07) is 16.1. The smallest absolute Gasteiger partial charge is 0.257 e. The lowest BCUT2D eigenvalue weighted by molar-refractivity contribution is -0.117. The van der Waals surface area contributed by atoms with Gasteiger partial charge in [-0.1, -0.05) is 36.3 Å². The Morgan fingerprint density at radius 2 is 1.91 bits per heavy atom. The Morgan fingerprint density at radius 1 is 1.12 bits per heavy atom. The maximum Gasteiger partial charge on any atom is 0.257 e. The number of hydrogen-bond donors (Lipinski definition) is 2. The van der Waals surface area contributed by atoms with Crippen molar-refractivity contribution in [3.63, 3.8) is 0 Å². The maximum absolute atomic E-state index is 11.9. The van der Waals surface area contributed by atoms with Crippen LogP contribution in [0.5, 0.6) is 0 Å². The second kappa shape index (κ2) is 10.8. The minimum atomic E-state index is 0.204. The van der Waals surface area contributed by atoms with E-state index in [1.807, 2.05) is 53.4 Å². The summed E-state index contributed by atoms with van der Waals surface area (Å²) in [6.07, 6.45) is 3.37. The molecule has 3 aromatic rings. The third-order valence-electron chi connectivity index (χ3n) is 5.58. The summed E-state index contributed by atoms with van der Waals surface area (Å²) in [5, 5.41) is 10.7. The lowest BCUT2D eigenvalue weighted by atomic mass is 10.1. The molecule has 2 heterocycles. The molecule has 0 saturated carbocycles. The van der Waals surface area contributed by atoms with Crippen LogP contribution in [0.15, 0.2) is 58.0 Å².